The number of carbonyl (C=O) groups excluding carboxylic acids is 1. The van der Waals surface area contributed by atoms with Crippen LogP contribution in [-0.2, 0) is 10.0 Å². The summed E-state index contributed by atoms with van der Waals surface area (Å²) in [5.74, 6) is 0.813. The van der Waals surface area contributed by atoms with Gasteiger partial charge in [0.25, 0.3) is 5.91 Å². The summed E-state index contributed by atoms with van der Waals surface area (Å²) >= 11 is 0. The molecule has 1 saturated heterocycles. The van der Waals surface area contributed by atoms with Crippen LogP contribution in [0.3, 0.4) is 0 Å². The molecule has 7 nitrogen and oxygen atoms in total. The first-order valence-corrected chi connectivity index (χ1v) is 10.3. The van der Waals surface area contributed by atoms with Gasteiger partial charge in [-0.3, -0.25) is 4.79 Å². The number of nitrogens with zero attached hydrogens (tertiary/aromatic N) is 1. The molecule has 0 radical (unpaired) electrons. The van der Waals surface area contributed by atoms with Gasteiger partial charge in [0.15, 0.2) is 0 Å². The third-order valence-electron chi connectivity index (χ3n) is 4.91. The minimum atomic E-state index is -3.57. The number of benzene rings is 1. The van der Waals surface area contributed by atoms with Crippen LogP contribution in [0.15, 0.2) is 46.1 Å². The Morgan fingerprint density at radius 3 is 2.63 bits per heavy atom. The molecule has 1 aliphatic heterocycles. The Labute approximate surface area is 159 Å². The van der Waals surface area contributed by atoms with E-state index in [0.29, 0.717) is 30.9 Å². The predicted molar refractivity (Wildman–Crippen MR) is 100 cm³/mol. The van der Waals surface area contributed by atoms with Crippen molar-refractivity contribution in [1.82, 2.24) is 9.62 Å². The van der Waals surface area contributed by atoms with Gasteiger partial charge in [-0.1, -0.05) is 0 Å². The zero-order chi connectivity index (χ0) is 19.4. The maximum Gasteiger partial charge on any atom is 0.257 e. The molecular formula is C19H24N2O5S. The largest absolute Gasteiger partial charge is 0.496 e. The van der Waals surface area contributed by atoms with Gasteiger partial charge in [-0.2, -0.15) is 0 Å². The summed E-state index contributed by atoms with van der Waals surface area (Å²) in [5.41, 5.74) is 1.32. The van der Waals surface area contributed by atoms with Crippen LogP contribution in [0.25, 0.3) is 0 Å². The smallest absolute Gasteiger partial charge is 0.257 e. The van der Waals surface area contributed by atoms with Gasteiger partial charge in [-0.15, -0.1) is 0 Å². The molecule has 2 aromatic rings. The van der Waals surface area contributed by atoms with E-state index in [1.807, 2.05) is 6.92 Å². The molecule has 0 saturated carbocycles. The number of nitrogens with one attached hydrogen (secondary N) is 1. The van der Waals surface area contributed by atoms with Crippen LogP contribution in [0.4, 0.5) is 0 Å². The van der Waals surface area contributed by atoms with Crippen molar-refractivity contribution in [2.75, 3.05) is 26.7 Å². The van der Waals surface area contributed by atoms with Crippen molar-refractivity contribution in [3.8, 4) is 5.75 Å². The third kappa shape index (κ3) is 4.51. The molecule has 1 aromatic carbocycles. The van der Waals surface area contributed by atoms with Crippen molar-refractivity contribution in [3.05, 3.63) is 47.9 Å². The van der Waals surface area contributed by atoms with Gasteiger partial charge >= 0.3 is 0 Å². The topological polar surface area (TPSA) is 88.9 Å². The van der Waals surface area contributed by atoms with Gasteiger partial charge < -0.3 is 14.1 Å². The molecular weight excluding hydrogens is 368 g/mol. The lowest BCUT2D eigenvalue weighted by atomic mass is 9.97. The Morgan fingerprint density at radius 2 is 2.04 bits per heavy atom. The predicted octanol–water partition coefficient (Wildman–Crippen LogP) is 2.43. The Kier molecular flexibility index (Phi) is 5.86. The molecule has 0 spiro atoms. The molecule has 146 valence electrons. The van der Waals surface area contributed by atoms with Crippen LogP contribution in [0, 0.1) is 12.8 Å². The minimum Gasteiger partial charge on any atom is -0.496 e. The van der Waals surface area contributed by atoms with Crippen LogP contribution in [0.5, 0.6) is 5.75 Å². The number of sulfonamides is 1. The van der Waals surface area contributed by atoms with E-state index in [1.165, 1.54) is 12.5 Å². The lowest BCUT2D eigenvalue weighted by Crippen LogP contribution is -2.41. The lowest BCUT2D eigenvalue weighted by Gasteiger charge is -2.31. The molecule has 0 aliphatic carbocycles. The molecule has 0 bridgehead atoms. The highest BCUT2D eigenvalue weighted by molar-refractivity contribution is 7.89. The molecule has 0 atom stereocenters. The molecule has 1 fully saturated rings. The van der Waals surface area contributed by atoms with Crippen molar-refractivity contribution >= 4 is 15.9 Å². The zero-order valence-electron chi connectivity index (χ0n) is 15.5. The number of ether oxygens (including phenoxy) is 1. The van der Waals surface area contributed by atoms with Gasteiger partial charge in [0.2, 0.25) is 10.0 Å². The quantitative estimate of drug-likeness (QED) is 0.816. The summed E-state index contributed by atoms with van der Waals surface area (Å²) in [4.78, 5) is 14.3. The van der Waals surface area contributed by atoms with E-state index in [-0.39, 0.29) is 16.7 Å². The zero-order valence-corrected chi connectivity index (χ0v) is 16.3. The Balaban J connectivity index is 1.53. The van der Waals surface area contributed by atoms with Crippen LogP contribution in [0.1, 0.15) is 28.8 Å². The monoisotopic (exact) mass is 392 g/mol. The number of hydrogen-bond donors (Lipinski definition) is 1. The molecule has 3 rings (SSSR count). The van der Waals surface area contributed by atoms with Crippen molar-refractivity contribution in [2.45, 2.75) is 24.7 Å². The second-order valence-corrected chi connectivity index (χ2v) is 8.50. The summed E-state index contributed by atoms with van der Waals surface area (Å²) in [6.07, 6.45) is 4.44. The second kappa shape index (κ2) is 8.14. The molecule has 27 heavy (non-hydrogen) atoms. The average Bonchev–Trinajstić information content (AvgIpc) is 3.21. The lowest BCUT2D eigenvalue weighted by molar-refractivity contribution is 0.0691. The van der Waals surface area contributed by atoms with Crippen LogP contribution in [-0.4, -0.2) is 46.0 Å². The maximum absolute atomic E-state index is 12.5. The highest BCUT2D eigenvalue weighted by Crippen LogP contribution is 2.22. The molecule has 1 aliphatic rings. The van der Waals surface area contributed by atoms with Crippen molar-refractivity contribution in [1.29, 1.82) is 0 Å². The van der Waals surface area contributed by atoms with Crippen molar-refractivity contribution in [2.24, 2.45) is 5.92 Å². The summed E-state index contributed by atoms with van der Waals surface area (Å²) < 4.78 is 37.9. The van der Waals surface area contributed by atoms with E-state index in [0.717, 1.165) is 18.4 Å². The van der Waals surface area contributed by atoms with Crippen LogP contribution in [0.2, 0.25) is 0 Å². The second-order valence-electron chi connectivity index (χ2n) is 6.73. The number of likely N-dealkylation sites (tertiary alicyclic amines) is 1. The summed E-state index contributed by atoms with van der Waals surface area (Å²) in [6, 6.07) is 6.46. The SMILES string of the molecule is COc1ccc(S(=O)(=O)NCC2CCN(C(=O)c3ccoc3)CC2)cc1C. The fourth-order valence-corrected chi connectivity index (χ4v) is 4.44. The molecule has 0 unspecified atom stereocenters. The van der Waals surface area contributed by atoms with E-state index in [2.05, 4.69) is 4.72 Å². The number of carbonyl (C=O) groups is 1. The standard InChI is InChI=1S/C19H24N2O5S/c1-14-11-17(3-4-18(14)25-2)27(23,24)20-12-15-5-8-21(9-6-15)19(22)16-7-10-26-13-16/h3-4,7,10-11,13,15,20H,5-6,8-9,12H2,1-2H3. The number of rotatable bonds is 6. The summed E-state index contributed by atoms with van der Waals surface area (Å²) in [5, 5.41) is 0. The molecule has 2 heterocycles. The average molecular weight is 392 g/mol. The normalized spacial score (nSPS) is 15.7. The van der Waals surface area contributed by atoms with Crippen LogP contribution < -0.4 is 9.46 Å². The Bertz CT molecular complexity index is 885. The van der Waals surface area contributed by atoms with Crippen molar-refractivity contribution in [3.63, 3.8) is 0 Å². The maximum atomic E-state index is 12.5. The van der Waals surface area contributed by atoms with E-state index in [1.54, 1.807) is 36.3 Å². The van der Waals surface area contributed by atoms with Gasteiger partial charge in [-0.25, -0.2) is 13.1 Å². The number of furan rings is 1. The van der Waals surface area contributed by atoms with E-state index < -0.39 is 10.0 Å². The Hall–Kier alpha value is -2.32. The summed E-state index contributed by atoms with van der Waals surface area (Å²) in [6.45, 7) is 3.39. The van der Waals surface area contributed by atoms with Gasteiger partial charge in [-0.05, 0) is 55.5 Å². The fourth-order valence-electron chi connectivity index (χ4n) is 3.24. The number of aryl methyl sites for hydroxylation is 1. The minimum absolute atomic E-state index is 0.0449. The summed E-state index contributed by atoms with van der Waals surface area (Å²) in [7, 11) is -2.02. The van der Waals surface area contributed by atoms with Crippen LogP contribution >= 0.6 is 0 Å². The van der Waals surface area contributed by atoms with E-state index in [9.17, 15) is 13.2 Å². The highest BCUT2D eigenvalue weighted by atomic mass is 32.2. The van der Waals surface area contributed by atoms with E-state index >= 15 is 0 Å². The van der Waals surface area contributed by atoms with Gasteiger partial charge in [0, 0.05) is 19.6 Å². The number of piperidine rings is 1. The molecule has 8 heteroatoms. The Morgan fingerprint density at radius 1 is 1.30 bits per heavy atom. The number of methoxy groups -OCH3 is 1. The van der Waals surface area contributed by atoms with Crippen molar-refractivity contribution < 1.29 is 22.4 Å². The first-order chi connectivity index (χ1) is 12.9. The van der Waals surface area contributed by atoms with E-state index in [4.69, 9.17) is 9.15 Å². The molecule has 1 amide bonds. The van der Waals surface area contributed by atoms with Gasteiger partial charge in [0.05, 0.1) is 23.8 Å². The number of hydrogen-bond acceptors (Lipinski definition) is 5. The number of amides is 1. The first-order valence-electron chi connectivity index (χ1n) is 8.86. The van der Waals surface area contributed by atoms with Gasteiger partial charge in [0.1, 0.15) is 12.0 Å². The highest BCUT2D eigenvalue weighted by Gasteiger charge is 2.25. The molecule has 1 N–H and O–H groups in total. The molecule has 1 aromatic heterocycles. The fraction of sp³-hybridized carbons (Fsp3) is 0.421. The first kappa shape index (κ1) is 19.4. The third-order valence-corrected chi connectivity index (χ3v) is 6.33.